The summed E-state index contributed by atoms with van der Waals surface area (Å²) in [6.07, 6.45) is 5.32. The molecule has 0 radical (unpaired) electrons. The van der Waals surface area contributed by atoms with E-state index in [0.717, 1.165) is 31.2 Å². The molecule has 1 rings (SSSR count). The highest BCUT2D eigenvalue weighted by Gasteiger charge is 2.21. The molecule has 0 saturated carbocycles. The van der Waals surface area contributed by atoms with Crippen molar-refractivity contribution in [3.8, 4) is 0 Å². The molecule has 0 aliphatic carbocycles. The van der Waals surface area contributed by atoms with Crippen molar-refractivity contribution >= 4 is 17.7 Å². The molecule has 0 bridgehead atoms. The van der Waals surface area contributed by atoms with Gasteiger partial charge in [0.05, 0.1) is 6.04 Å². The molecule has 1 amide bonds. The molecule has 0 aromatic heterocycles. The summed E-state index contributed by atoms with van der Waals surface area (Å²) >= 11 is 1.73. The van der Waals surface area contributed by atoms with Crippen LogP contribution in [0.15, 0.2) is 0 Å². The van der Waals surface area contributed by atoms with Crippen molar-refractivity contribution < 1.29 is 4.79 Å². The average molecular weight is 287 g/mol. The van der Waals surface area contributed by atoms with Crippen molar-refractivity contribution in [2.75, 3.05) is 31.6 Å². The zero-order valence-electron chi connectivity index (χ0n) is 12.5. The van der Waals surface area contributed by atoms with Crippen molar-refractivity contribution in [2.24, 2.45) is 11.7 Å². The number of carbonyl (C=O) groups is 1. The highest BCUT2D eigenvalue weighted by Crippen LogP contribution is 2.17. The molecule has 19 heavy (non-hydrogen) atoms. The van der Waals surface area contributed by atoms with Gasteiger partial charge in [-0.15, -0.1) is 0 Å². The fraction of sp³-hybridized carbons (Fsp3) is 0.929. The lowest BCUT2D eigenvalue weighted by molar-refractivity contribution is -0.122. The average Bonchev–Trinajstić information content (AvgIpc) is 2.42. The van der Waals surface area contributed by atoms with Gasteiger partial charge < -0.3 is 11.1 Å². The number of nitrogens with one attached hydrogen (secondary N) is 1. The number of amides is 1. The summed E-state index contributed by atoms with van der Waals surface area (Å²) in [7, 11) is 0. The van der Waals surface area contributed by atoms with Crippen molar-refractivity contribution in [1.82, 2.24) is 10.2 Å². The Morgan fingerprint density at radius 1 is 1.47 bits per heavy atom. The van der Waals surface area contributed by atoms with Gasteiger partial charge in [-0.3, -0.25) is 9.69 Å². The molecule has 4 nitrogen and oxygen atoms in total. The van der Waals surface area contributed by atoms with Gasteiger partial charge >= 0.3 is 0 Å². The van der Waals surface area contributed by atoms with Gasteiger partial charge in [0.15, 0.2) is 0 Å². The number of rotatable bonds is 7. The normalized spacial score (nSPS) is 21.1. The number of thioether (sulfide) groups is 1. The van der Waals surface area contributed by atoms with Crippen LogP contribution < -0.4 is 11.1 Å². The van der Waals surface area contributed by atoms with Crippen LogP contribution in [0.25, 0.3) is 0 Å². The van der Waals surface area contributed by atoms with E-state index in [1.807, 2.05) is 6.26 Å². The van der Waals surface area contributed by atoms with Gasteiger partial charge in [-0.25, -0.2) is 0 Å². The summed E-state index contributed by atoms with van der Waals surface area (Å²) in [4.78, 5) is 14.3. The SMILES string of the molecule is CSCC[C@H](N)C(=O)NCC(C)N1CCC(C)CC1. The standard InChI is InChI=1S/C14H29N3OS/c1-11-4-7-17(8-5-11)12(2)10-16-14(18)13(15)6-9-19-3/h11-13H,4-10,15H2,1-3H3,(H,16,18)/t12?,13-/m0/s1. The topological polar surface area (TPSA) is 58.4 Å². The van der Waals surface area contributed by atoms with Crippen LogP contribution in [0, 0.1) is 5.92 Å². The lowest BCUT2D eigenvalue weighted by atomic mass is 9.98. The van der Waals surface area contributed by atoms with Crippen LogP contribution in [0.1, 0.15) is 33.1 Å². The largest absolute Gasteiger partial charge is 0.353 e. The molecule has 0 aromatic carbocycles. The Morgan fingerprint density at radius 3 is 2.68 bits per heavy atom. The first-order valence-electron chi connectivity index (χ1n) is 7.30. The Labute approximate surface area is 121 Å². The van der Waals surface area contributed by atoms with Crippen LogP contribution in [0.5, 0.6) is 0 Å². The van der Waals surface area contributed by atoms with E-state index in [2.05, 4.69) is 24.1 Å². The Morgan fingerprint density at radius 2 is 2.11 bits per heavy atom. The first-order chi connectivity index (χ1) is 9.04. The molecular weight excluding hydrogens is 258 g/mol. The maximum absolute atomic E-state index is 11.8. The summed E-state index contributed by atoms with van der Waals surface area (Å²) in [6.45, 7) is 7.51. The number of carbonyl (C=O) groups excluding carboxylic acids is 1. The molecule has 1 heterocycles. The fourth-order valence-electron chi connectivity index (χ4n) is 2.35. The number of piperidine rings is 1. The monoisotopic (exact) mass is 287 g/mol. The van der Waals surface area contributed by atoms with Gasteiger partial charge in [-0.1, -0.05) is 6.92 Å². The summed E-state index contributed by atoms with van der Waals surface area (Å²) in [5, 5.41) is 2.98. The zero-order valence-corrected chi connectivity index (χ0v) is 13.3. The van der Waals surface area contributed by atoms with Crippen LogP contribution in [0.4, 0.5) is 0 Å². The van der Waals surface area contributed by atoms with Crippen molar-refractivity contribution in [3.63, 3.8) is 0 Å². The summed E-state index contributed by atoms with van der Waals surface area (Å²) in [6, 6.07) is 0.0465. The van der Waals surface area contributed by atoms with E-state index in [1.54, 1.807) is 11.8 Å². The van der Waals surface area contributed by atoms with E-state index in [-0.39, 0.29) is 11.9 Å². The van der Waals surface area contributed by atoms with E-state index in [4.69, 9.17) is 5.73 Å². The van der Waals surface area contributed by atoms with Gasteiger partial charge in [-0.2, -0.15) is 11.8 Å². The Bertz CT molecular complexity index is 267. The first-order valence-corrected chi connectivity index (χ1v) is 8.70. The van der Waals surface area contributed by atoms with E-state index in [9.17, 15) is 4.79 Å². The number of likely N-dealkylation sites (tertiary alicyclic amines) is 1. The van der Waals surface area contributed by atoms with Crippen LogP contribution in [-0.2, 0) is 4.79 Å². The molecular formula is C14H29N3OS. The molecule has 3 N–H and O–H groups in total. The Balaban J connectivity index is 2.21. The summed E-state index contributed by atoms with van der Waals surface area (Å²) < 4.78 is 0. The predicted molar refractivity (Wildman–Crippen MR) is 83.4 cm³/mol. The Hall–Kier alpha value is -0.260. The lowest BCUT2D eigenvalue weighted by Gasteiger charge is -2.35. The van der Waals surface area contributed by atoms with Crippen LogP contribution in [0.2, 0.25) is 0 Å². The molecule has 0 aromatic rings. The smallest absolute Gasteiger partial charge is 0.237 e. The molecule has 1 aliphatic heterocycles. The van der Waals surface area contributed by atoms with Crippen molar-refractivity contribution in [3.05, 3.63) is 0 Å². The fourth-order valence-corrected chi connectivity index (χ4v) is 2.84. The van der Waals surface area contributed by atoms with Gasteiger partial charge in [0.1, 0.15) is 0 Å². The third kappa shape index (κ3) is 6.15. The summed E-state index contributed by atoms with van der Waals surface area (Å²) in [5.41, 5.74) is 5.85. The van der Waals surface area contributed by atoms with Gasteiger partial charge in [0.2, 0.25) is 5.91 Å². The zero-order chi connectivity index (χ0) is 14.3. The number of nitrogens with two attached hydrogens (primary N) is 1. The number of nitrogens with zero attached hydrogens (tertiary/aromatic N) is 1. The van der Waals surface area contributed by atoms with Crippen LogP contribution >= 0.6 is 11.8 Å². The third-order valence-corrected chi connectivity index (χ3v) is 4.63. The third-order valence-electron chi connectivity index (χ3n) is 3.98. The minimum Gasteiger partial charge on any atom is -0.353 e. The van der Waals surface area contributed by atoms with E-state index in [0.29, 0.717) is 12.6 Å². The van der Waals surface area contributed by atoms with E-state index >= 15 is 0 Å². The van der Waals surface area contributed by atoms with Gasteiger partial charge in [-0.05, 0) is 57.2 Å². The van der Waals surface area contributed by atoms with E-state index < -0.39 is 0 Å². The quantitative estimate of drug-likeness (QED) is 0.741. The molecule has 1 fully saturated rings. The first kappa shape index (κ1) is 16.8. The second-order valence-corrected chi connectivity index (χ2v) is 6.69. The highest BCUT2D eigenvalue weighted by molar-refractivity contribution is 7.98. The molecule has 2 atom stereocenters. The highest BCUT2D eigenvalue weighted by atomic mass is 32.2. The van der Waals surface area contributed by atoms with Crippen LogP contribution in [0.3, 0.4) is 0 Å². The molecule has 1 unspecified atom stereocenters. The molecule has 5 heteroatoms. The second kappa shape index (κ2) is 8.82. The molecule has 112 valence electrons. The molecule has 0 spiro atoms. The maximum Gasteiger partial charge on any atom is 0.237 e. The lowest BCUT2D eigenvalue weighted by Crippen LogP contribution is -2.48. The minimum absolute atomic E-state index is 0.00808. The molecule has 1 saturated heterocycles. The predicted octanol–water partition coefficient (Wildman–Crippen LogP) is 1.30. The minimum atomic E-state index is -0.360. The summed E-state index contributed by atoms with van der Waals surface area (Å²) in [5.74, 6) is 1.78. The number of hydrogen-bond donors (Lipinski definition) is 2. The van der Waals surface area contributed by atoms with Gasteiger partial charge in [0.25, 0.3) is 0 Å². The number of hydrogen-bond acceptors (Lipinski definition) is 4. The Kier molecular flexibility index (Phi) is 7.80. The van der Waals surface area contributed by atoms with Gasteiger partial charge in [0, 0.05) is 12.6 Å². The second-order valence-electron chi connectivity index (χ2n) is 5.70. The van der Waals surface area contributed by atoms with E-state index in [1.165, 1.54) is 12.8 Å². The molecule has 1 aliphatic rings. The maximum atomic E-state index is 11.8. The van der Waals surface area contributed by atoms with Crippen LogP contribution in [-0.4, -0.2) is 54.5 Å². The van der Waals surface area contributed by atoms with Crippen molar-refractivity contribution in [2.45, 2.75) is 45.2 Å². The van der Waals surface area contributed by atoms with Crippen molar-refractivity contribution in [1.29, 1.82) is 0 Å².